The van der Waals surface area contributed by atoms with Crippen molar-refractivity contribution in [1.29, 1.82) is 0 Å². The number of benzene rings is 2. The highest BCUT2D eigenvalue weighted by Crippen LogP contribution is 2.23. The summed E-state index contributed by atoms with van der Waals surface area (Å²) in [5, 5.41) is 15.9. The van der Waals surface area contributed by atoms with Gasteiger partial charge in [0.1, 0.15) is 11.3 Å². The SMILES string of the molecule is NC(=O)c1ccccc1N=[N+]([O-])c1ccccc1C(N)=O. The van der Waals surface area contributed by atoms with Crippen molar-refractivity contribution >= 4 is 23.2 Å². The summed E-state index contributed by atoms with van der Waals surface area (Å²) in [6.07, 6.45) is 0. The third-order valence-corrected chi connectivity index (χ3v) is 2.74. The van der Waals surface area contributed by atoms with Crippen LogP contribution in [0.15, 0.2) is 53.6 Å². The first-order chi connectivity index (χ1) is 10.0. The molecule has 7 heteroatoms. The van der Waals surface area contributed by atoms with E-state index in [1.807, 2.05) is 0 Å². The Hall–Kier alpha value is -3.22. The molecular formula is C14H12N4O3. The molecule has 0 bridgehead atoms. The Bertz CT molecular complexity index is 741. The first-order valence-electron chi connectivity index (χ1n) is 5.97. The largest absolute Gasteiger partial charge is 0.594 e. The maximum absolute atomic E-state index is 12.1. The third-order valence-electron chi connectivity index (χ3n) is 2.74. The molecule has 0 atom stereocenters. The molecule has 106 valence electrons. The van der Waals surface area contributed by atoms with E-state index in [0.717, 1.165) is 0 Å². The second kappa shape index (κ2) is 5.83. The quantitative estimate of drug-likeness (QED) is 0.505. The van der Waals surface area contributed by atoms with Crippen molar-refractivity contribution in [3.05, 3.63) is 64.9 Å². The van der Waals surface area contributed by atoms with Crippen LogP contribution >= 0.6 is 0 Å². The number of nitrogens with two attached hydrogens (primary N) is 2. The van der Waals surface area contributed by atoms with Gasteiger partial charge in [0.25, 0.3) is 17.5 Å². The molecule has 0 saturated heterocycles. The number of rotatable bonds is 4. The molecule has 2 amide bonds. The lowest BCUT2D eigenvalue weighted by Crippen LogP contribution is -2.13. The van der Waals surface area contributed by atoms with E-state index in [0.29, 0.717) is 0 Å². The fourth-order valence-corrected chi connectivity index (χ4v) is 1.77. The molecule has 0 heterocycles. The van der Waals surface area contributed by atoms with Crippen molar-refractivity contribution in [3.8, 4) is 0 Å². The first-order valence-corrected chi connectivity index (χ1v) is 5.97. The summed E-state index contributed by atoms with van der Waals surface area (Å²) >= 11 is 0. The van der Waals surface area contributed by atoms with E-state index in [4.69, 9.17) is 11.5 Å². The van der Waals surface area contributed by atoms with Crippen LogP contribution in [0, 0.1) is 5.21 Å². The molecule has 0 aliphatic carbocycles. The number of carbonyl (C=O) groups is 2. The molecule has 0 saturated carbocycles. The zero-order valence-corrected chi connectivity index (χ0v) is 10.9. The normalized spacial score (nSPS) is 11.1. The van der Waals surface area contributed by atoms with Crippen LogP contribution in [0.2, 0.25) is 0 Å². The Morgan fingerprint density at radius 3 is 2.05 bits per heavy atom. The van der Waals surface area contributed by atoms with Gasteiger partial charge in [-0.05, 0) is 23.1 Å². The Balaban J connectivity index is 2.53. The highest BCUT2D eigenvalue weighted by atomic mass is 16.5. The average Bonchev–Trinajstić information content (AvgIpc) is 2.47. The van der Waals surface area contributed by atoms with Gasteiger partial charge in [-0.3, -0.25) is 9.59 Å². The van der Waals surface area contributed by atoms with E-state index in [9.17, 15) is 14.8 Å². The van der Waals surface area contributed by atoms with Crippen LogP contribution in [-0.4, -0.2) is 16.7 Å². The van der Waals surface area contributed by atoms with Gasteiger partial charge in [0.15, 0.2) is 0 Å². The van der Waals surface area contributed by atoms with Crippen LogP contribution in [0.1, 0.15) is 20.7 Å². The van der Waals surface area contributed by atoms with Crippen molar-refractivity contribution < 1.29 is 14.4 Å². The minimum Gasteiger partial charge on any atom is -0.594 e. The molecule has 21 heavy (non-hydrogen) atoms. The molecular weight excluding hydrogens is 272 g/mol. The van der Waals surface area contributed by atoms with Crippen molar-refractivity contribution in [1.82, 2.24) is 0 Å². The molecule has 0 radical (unpaired) electrons. The summed E-state index contributed by atoms with van der Waals surface area (Å²) in [7, 11) is 0. The maximum atomic E-state index is 12.1. The number of hydrogen-bond acceptors (Lipinski definition) is 4. The van der Waals surface area contributed by atoms with Crippen LogP contribution in [0.3, 0.4) is 0 Å². The van der Waals surface area contributed by atoms with Gasteiger partial charge in [0.2, 0.25) is 0 Å². The van der Waals surface area contributed by atoms with Crippen LogP contribution in [0.4, 0.5) is 11.4 Å². The monoisotopic (exact) mass is 284 g/mol. The van der Waals surface area contributed by atoms with E-state index in [1.165, 1.54) is 24.3 Å². The smallest absolute Gasteiger partial charge is 0.257 e. The molecule has 0 aromatic heterocycles. The van der Waals surface area contributed by atoms with Crippen molar-refractivity contribution in [2.75, 3.05) is 0 Å². The molecule has 2 rings (SSSR count). The molecule has 2 aromatic rings. The minimum atomic E-state index is -0.746. The predicted molar refractivity (Wildman–Crippen MR) is 75.3 cm³/mol. The predicted octanol–water partition coefficient (Wildman–Crippen LogP) is 1.81. The summed E-state index contributed by atoms with van der Waals surface area (Å²) < 4.78 is 0. The lowest BCUT2D eigenvalue weighted by Gasteiger charge is -2.04. The molecule has 0 aliphatic rings. The summed E-state index contributed by atoms with van der Waals surface area (Å²) in [5.41, 5.74) is 10.7. The van der Waals surface area contributed by atoms with Gasteiger partial charge >= 0.3 is 0 Å². The summed E-state index contributed by atoms with van der Waals surface area (Å²) in [6.45, 7) is 0. The second-order valence-corrected chi connectivity index (χ2v) is 4.14. The van der Waals surface area contributed by atoms with Gasteiger partial charge in [0, 0.05) is 11.2 Å². The lowest BCUT2D eigenvalue weighted by molar-refractivity contribution is -0.435. The van der Waals surface area contributed by atoms with Crippen molar-refractivity contribution in [2.45, 2.75) is 0 Å². The molecule has 0 aliphatic heterocycles. The number of amides is 2. The summed E-state index contributed by atoms with van der Waals surface area (Å²) in [5.74, 6) is -1.45. The van der Waals surface area contributed by atoms with Crippen molar-refractivity contribution in [2.24, 2.45) is 16.6 Å². The van der Waals surface area contributed by atoms with Crippen LogP contribution in [-0.2, 0) is 0 Å². The zero-order chi connectivity index (χ0) is 15.4. The number of carbonyl (C=O) groups excluding carboxylic acids is 2. The van der Waals surface area contributed by atoms with E-state index < -0.39 is 11.8 Å². The molecule has 0 fully saturated rings. The summed E-state index contributed by atoms with van der Waals surface area (Å²) in [4.78, 5) is 22.8. The second-order valence-electron chi connectivity index (χ2n) is 4.14. The highest BCUT2D eigenvalue weighted by molar-refractivity contribution is 5.98. The van der Waals surface area contributed by atoms with Crippen LogP contribution < -0.4 is 11.5 Å². The van der Waals surface area contributed by atoms with E-state index >= 15 is 0 Å². The number of hydrogen-bond donors (Lipinski definition) is 2. The van der Waals surface area contributed by atoms with E-state index in [1.54, 1.807) is 24.3 Å². The molecule has 0 unspecified atom stereocenters. The number of primary amides is 2. The number of azo groups is 1. The zero-order valence-electron chi connectivity index (χ0n) is 10.9. The van der Waals surface area contributed by atoms with Gasteiger partial charge in [-0.25, -0.2) is 0 Å². The highest BCUT2D eigenvalue weighted by Gasteiger charge is 2.17. The standard InChI is InChI=1S/C14H12N4O3/c15-13(19)9-5-1-3-7-11(9)17-18(21)12-8-4-2-6-10(12)14(16)20/h1-8H,(H2,15,19)(H2,16,20). The van der Waals surface area contributed by atoms with E-state index in [2.05, 4.69) is 5.11 Å². The van der Waals surface area contributed by atoms with E-state index in [-0.39, 0.29) is 27.4 Å². The lowest BCUT2D eigenvalue weighted by atomic mass is 10.1. The molecule has 2 aromatic carbocycles. The Morgan fingerprint density at radius 1 is 0.905 bits per heavy atom. The minimum absolute atomic E-state index is 0.00993. The molecule has 0 spiro atoms. The first kappa shape index (κ1) is 14.2. The molecule has 7 nitrogen and oxygen atoms in total. The van der Waals surface area contributed by atoms with Crippen molar-refractivity contribution in [3.63, 3.8) is 0 Å². The fourth-order valence-electron chi connectivity index (χ4n) is 1.77. The Morgan fingerprint density at radius 2 is 1.43 bits per heavy atom. The maximum Gasteiger partial charge on any atom is 0.257 e. The van der Waals surface area contributed by atoms with Gasteiger partial charge in [-0.2, -0.15) is 0 Å². The fraction of sp³-hybridized carbons (Fsp3) is 0. The average molecular weight is 284 g/mol. The topological polar surface area (TPSA) is 125 Å². The number of nitrogens with zero attached hydrogens (tertiary/aromatic N) is 2. The van der Waals surface area contributed by atoms with Gasteiger partial charge in [-0.15, -0.1) is 0 Å². The van der Waals surface area contributed by atoms with Gasteiger partial charge in [0.05, 0.1) is 5.56 Å². The van der Waals surface area contributed by atoms with Crippen LogP contribution in [0.5, 0.6) is 0 Å². The van der Waals surface area contributed by atoms with Gasteiger partial charge < -0.3 is 16.7 Å². The Labute approximate surface area is 120 Å². The Kier molecular flexibility index (Phi) is 3.94. The van der Waals surface area contributed by atoms with Gasteiger partial charge in [-0.1, -0.05) is 24.3 Å². The van der Waals surface area contributed by atoms with Crippen LogP contribution in [0.25, 0.3) is 0 Å². The third kappa shape index (κ3) is 3.03. The molecule has 4 N–H and O–H groups in total. The number of para-hydroxylation sites is 1. The summed E-state index contributed by atoms with van der Waals surface area (Å²) in [6, 6.07) is 12.1.